The maximum Gasteiger partial charge on any atom is 0.259 e. The molecule has 1 unspecified atom stereocenters. The average Bonchev–Trinajstić information content (AvgIpc) is 2.92. The molecule has 0 spiro atoms. The molecule has 8 nitrogen and oxygen atoms in total. The maximum atomic E-state index is 13.6. The van der Waals surface area contributed by atoms with E-state index in [1.165, 1.54) is 11.2 Å². The lowest BCUT2D eigenvalue weighted by Crippen LogP contribution is -2.50. The molecule has 1 saturated heterocycles. The fourth-order valence-electron chi connectivity index (χ4n) is 2.28. The van der Waals surface area contributed by atoms with Crippen molar-refractivity contribution in [3.05, 3.63) is 0 Å². The van der Waals surface area contributed by atoms with Crippen LogP contribution in [0.15, 0.2) is 9.98 Å². The predicted molar refractivity (Wildman–Crippen MR) is 62.7 cm³/mol. The Morgan fingerprint density at radius 3 is 3.16 bits per heavy atom. The van der Waals surface area contributed by atoms with Crippen LogP contribution < -0.4 is 5.32 Å². The number of ether oxygens (including phenoxy) is 1. The highest BCUT2D eigenvalue weighted by atomic mass is 19.1. The number of carbonyl (C=O) groups is 1. The van der Waals surface area contributed by atoms with Crippen molar-refractivity contribution in [1.29, 1.82) is 5.41 Å². The molecule has 0 aliphatic carbocycles. The quantitative estimate of drug-likeness (QED) is 0.573. The van der Waals surface area contributed by atoms with Gasteiger partial charge in [0.15, 0.2) is 11.9 Å². The standard InChI is InChI=1S/C10H12FN5O3/c11-4-1-6(19-5(4)2-17)16-3-13-7-8(16)14-10(12)15-9(7)18/h3-7,17H,1-2H2,(H2,12,15,18)/t4-,5-,6-,7?/m1/s1. The Balaban J connectivity index is 1.82. The third-order valence-electron chi connectivity index (χ3n) is 3.22. The number of halogens is 1. The zero-order valence-electron chi connectivity index (χ0n) is 9.78. The van der Waals surface area contributed by atoms with Crippen LogP contribution in [0.4, 0.5) is 4.39 Å². The number of nitrogens with one attached hydrogen (secondary N) is 2. The van der Waals surface area contributed by atoms with Gasteiger partial charge in [-0.05, 0) is 0 Å². The predicted octanol–water partition coefficient (Wildman–Crippen LogP) is -1.39. The monoisotopic (exact) mass is 269 g/mol. The molecule has 3 aliphatic rings. The Morgan fingerprint density at radius 2 is 2.47 bits per heavy atom. The molecule has 102 valence electrons. The van der Waals surface area contributed by atoms with Gasteiger partial charge >= 0.3 is 0 Å². The molecule has 19 heavy (non-hydrogen) atoms. The van der Waals surface area contributed by atoms with E-state index in [-0.39, 0.29) is 18.2 Å². The fraction of sp³-hybridized carbons (Fsp3) is 0.600. The average molecular weight is 269 g/mol. The summed E-state index contributed by atoms with van der Waals surface area (Å²) in [7, 11) is 0. The van der Waals surface area contributed by atoms with E-state index in [0.717, 1.165) is 0 Å². The number of fused-ring (bicyclic) bond motifs is 1. The van der Waals surface area contributed by atoms with E-state index < -0.39 is 37.1 Å². The molecule has 0 aromatic carbocycles. The van der Waals surface area contributed by atoms with E-state index >= 15 is 0 Å². The first-order valence-corrected chi connectivity index (χ1v) is 5.80. The van der Waals surface area contributed by atoms with Crippen molar-refractivity contribution in [2.75, 3.05) is 6.61 Å². The van der Waals surface area contributed by atoms with E-state index in [9.17, 15) is 9.18 Å². The molecule has 0 aromatic heterocycles. The molecule has 9 heteroatoms. The van der Waals surface area contributed by atoms with Gasteiger partial charge in [0, 0.05) is 6.42 Å². The number of aliphatic hydroxyl groups excluding tert-OH is 1. The third kappa shape index (κ3) is 1.90. The molecule has 3 N–H and O–H groups in total. The maximum absolute atomic E-state index is 13.6. The molecular weight excluding hydrogens is 257 g/mol. The van der Waals surface area contributed by atoms with Crippen molar-refractivity contribution in [3.8, 4) is 0 Å². The zero-order valence-corrected chi connectivity index (χ0v) is 9.78. The number of hydrogen-bond acceptors (Lipinski definition) is 6. The van der Waals surface area contributed by atoms with E-state index in [1.54, 1.807) is 0 Å². The Kier molecular flexibility index (Phi) is 2.79. The van der Waals surface area contributed by atoms with Crippen LogP contribution in [0.25, 0.3) is 0 Å². The number of hydrogen-bond donors (Lipinski definition) is 3. The van der Waals surface area contributed by atoms with Crippen molar-refractivity contribution in [2.24, 2.45) is 9.98 Å². The summed E-state index contributed by atoms with van der Waals surface area (Å²) in [5.74, 6) is -0.466. The van der Waals surface area contributed by atoms with Gasteiger partial charge in [-0.15, -0.1) is 0 Å². The summed E-state index contributed by atoms with van der Waals surface area (Å²) in [6.07, 6.45) is -1.41. The number of alkyl halides is 1. The molecule has 0 bridgehead atoms. The molecule has 4 atom stereocenters. The Labute approximate surface area is 107 Å². The molecule has 1 amide bonds. The number of carbonyl (C=O) groups excluding carboxylic acids is 1. The normalized spacial score (nSPS) is 37.4. The van der Waals surface area contributed by atoms with Crippen molar-refractivity contribution in [2.45, 2.75) is 31.0 Å². The minimum absolute atomic E-state index is 0.0535. The van der Waals surface area contributed by atoms with Gasteiger partial charge in [-0.3, -0.25) is 25.4 Å². The highest BCUT2D eigenvalue weighted by Crippen LogP contribution is 2.28. The van der Waals surface area contributed by atoms with Crippen molar-refractivity contribution >= 4 is 24.0 Å². The first kappa shape index (κ1) is 12.2. The Hall–Kier alpha value is -1.87. The van der Waals surface area contributed by atoms with E-state index in [4.69, 9.17) is 15.3 Å². The molecule has 3 aliphatic heterocycles. The number of aliphatic imine (C=N–C) groups is 2. The first-order chi connectivity index (χ1) is 9.10. The van der Waals surface area contributed by atoms with Gasteiger partial charge < -0.3 is 9.84 Å². The molecule has 3 rings (SSSR count). The van der Waals surface area contributed by atoms with Crippen LogP contribution in [0, 0.1) is 5.41 Å². The van der Waals surface area contributed by atoms with Crippen LogP contribution in [-0.2, 0) is 9.53 Å². The summed E-state index contributed by atoms with van der Waals surface area (Å²) in [5.41, 5.74) is 0. The number of guanidine groups is 1. The van der Waals surface area contributed by atoms with Gasteiger partial charge in [0.2, 0.25) is 5.96 Å². The molecule has 0 aromatic rings. The van der Waals surface area contributed by atoms with Gasteiger partial charge in [-0.25, -0.2) is 4.39 Å². The summed E-state index contributed by atoms with van der Waals surface area (Å²) in [6.45, 7) is -0.408. The smallest absolute Gasteiger partial charge is 0.259 e. The SMILES string of the molecule is N=C1N=C2C(N=CN2[C@H]2C[C@@H](F)[C@@H](CO)O2)C(=O)N1. The van der Waals surface area contributed by atoms with Gasteiger partial charge in [0.1, 0.15) is 18.5 Å². The zero-order chi connectivity index (χ0) is 13.6. The van der Waals surface area contributed by atoms with Crippen LogP contribution in [0.2, 0.25) is 0 Å². The summed E-state index contributed by atoms with van der Waals surface area (Å²) < 4.78 is 18.9. The fourth-order valence-corrected chi connectivity index (χ4v) is 2.28. The Morgan fingerprint density at radius 1 is 1.68 bits per heavy atom. The van der Waals surface area contributed by atoms with Crippen LogP contribution >= 0.6 is 0 Å². The summed E-state index contributed by atoms with van der Waals surface area (Å²) in [6, 6.07) is -0.816. The highest BCUT2D eigenvalue weighted by Gasteiger charge is 2.44. The van der Waals surface area contributed by atoms with Crippen molar-refractivity contribution < 1.29 is 19.0 Å². The number of amidine groups is 1. The van der Waals surface area contributed by atoms with Gasteiger partial charge in [0.05, 0.1) is 12.9 Å². The first-order valence-electron chi connectivity index (χ1n) is 5.80. The molecule has 0 radical (unpaired) electrons. The second-order valence-corrected chi connectivity index (χ2v) is 4.45. The Bertz CT molecular complexity index is 494. The molecule has 1 fully saturated rings. The number of amides is 1. The summed E-state index contributed by atoms with van der Waals surface area (Å²) >= 11 is 0. The van der Waals surface area contributed by atoms with Gasteiger partial charge in [-0.2, -0.15) is 4.99 Å². The topological polar surface area (TPSA) is 110 Å². The van der Waals surface area contributed by atoms with Crippen molar-refractivity contribution in [3.63, 3.8) is 0 Å². The minimum Gasteiger partial charge on any atom is -0.394 e. The molecular formula is C10H12FN5O3. The molecule has 3 heterocycles. The second-order valence-electron chi connectivity index (χ2n) is 4.45. The van der Waals surface area contributed by atoms with Gasteiger partial charge in [-0.1, -0.05) is 0 Å². The van der Waals surface area contributed by atoms with Crippen LogP contribution in [0.3, 0.4) is 0 Å². The lowest BCUT2D eigenvalue weighted by molar-refractivity contribution is -0.119. The highest BCUT2D eigenvalue weighted by molar-refractivity contribution is 6.23. The van der Waals surface area contributed by atoms with E-state index in [2.05, 4.69) is 15.3 Å². The third-order valence-corrected chi connectivity index (χ3v) is 3.22. The molecule has 0 saturated carbocycles. The van der Waals surface area contributed by atoms with E-state index in [0.29, 0.717) is 0 Å². The van der Waals surface area contributed by atoms with Crippen LogP contribution in [0.1, 0.15) is 6.42 Å². The number of nitrogens with zero attached hydrogens (tertiary/aromatic N) is 3. The number of rotatable bonds is 2. The summed E-state index contributed by atoms with van der Waals surface area (Å²) in [5, 5.41) is 18.6. The number of aliphatic hydroxyl groups is 1. The summed E-state index contributed by atoms with van der Waals surface area (Å²) in [4.78, 5) is 20.9. The largest absolute Gasteiger partial charge is 0.394 e. The minimum atomic E-state index is -1.28. The second kappa shape index (κ2) is 4.35. The van der Waals surface area contributed by atoms with Crippen molar-refractivity contribution in [1.82, 2.24) is 10.2 Å². The van der Waals surface area contributed by atoms with Gasteiger partial charge in [0.25, 0.3) is 5.91 Å². The van der Waals surface area contributed by atoms with Crippen LogP contribution in [0.5, 0.6) is 0 Å². The lowest BCUT2D eigenvalue weighted by atomic mass is 10.2. The van der Waals surface area contributed by atoms with E-state index in [1.807, 2.05) is 0 Å². The lowest BCUT2D eigenvalue weighted by Gasteiger charge is -2.26. The van der Waals surface area contributed by atoms with Crippen LogP contribution in [-0.4, -0.2) is 65.2 Å².